The Kier molecular flexibility index (Phi) is 74.5. The summed E-state index contributed by atoms with van der Waals surface area (Å²) in [6.07, 6.45) is 0. The predicted octanol–water partition coefficient (Wildman–Crippen LogP) is 21.8. The third-order valence-corrected chi connectivity index (χ3v) is 6.21. The molecule has 7 rings (SSSR count). The molecule has 0 aliphatic rings. The van der Waals surface area contributed by atoms with Crippen LogP contribution in [0.15, 0.2) is 174 Å². The second-order valence-electron chi connectivity index (χ2n) is 10.1. The first kappa shape index (κ1) is 73.3. The molecule has 1 heterocycles. The number of ether oxygens (including phenoxy) is 1. The first-order chi connectivity index (χ1) is 31.2. The summed E-state index contributed by atoms with van der Waals surface area (Å²) in [7, 11) is 0. The summed E-state index contributed by atoms with van der Waals surface area (Å²) in [6.45, 7) is 23.8. The number of phenols is 1. The van der Waals surface area contributed by atoms with Gasteiger partial charge in [0.05, 0.1) is 0 Å². The zero-order chi connectivity index (χ0) is 50.1. The average molecular weight is 1250 g/mol. The van der Waals surface area contributed by atoms with Crippen LogP contribution in [0.25, 0.3) is 21.9 Å². The van der Waals surface area contributed by atoms with E-state index in [1.54, 1.807) is 24.3 Å². The Balaban J connectivity index is -0.000000154. The van der Waals surface area contributed by atoms with Gasteiger partial charge in [-0.05, 0) is 83.3 Å². The van der Waals surface area contributed by atoms with Crippen molar-refractivity contribution in [3.8, 4) is 17.2 Å². The molecule has 0 aliphatic carbocycles. The van der Waals surface area contributed by atoms with E-state index in [1.165, 1.54) is 14.3 Å². The van der Waals surface area contributed by atoms with E-state index in [4.69, 9.17) is 49.1 Å². The second-order valence-corrected chi connectivity index (χ2v) is 16.3. The molecule has 0 atom stereocenters. The van der Waals surface area contributed by atoms with Crippen LogP contribution in [0.3, 0.4) is 0 Å². The largest absolute Gasteiger partial charge is 0.508 e. The number of furan rings is 1. The van der Waals surface area contributed by atoms with Crippen LogP contribution in [0.2, 0.25) is 0 Å². The third-order valence-electron chi connectivity index (χ3n) is 5.50. The van der Waals surface area contributed by atoms with Crippen LogP contribution < -0.4 is 4.74 Å². The van der Waals surface area contributed by atoms with Crippen molar-refractivity contribution in [2.45, 2.75) is 83.1 Å². The SMILES string of the molecule is CC.CC.CC.CCBr.CCBr.CCBr.CCCl.CCCl.CCCl.Ic1ccccc1.Oc1ccccc1.c1ccc(Oc2ccccc2)cc1.c1ccc2c(c1)oc1ccccc12. The maximum Gasteiger partial charge on any atom is 0.135 e. The third kappa shape index (κ3) is 50.8. The van der Waals surface area contributed by atoms with Crippen LogP contribution in [0.5, 0.6) is 17.2 Å². The molecular formula is C54H77Br3Cl3IO3. The van der Waals surface area contributed by atoms with Gasteiger partial charge in [0.1, 0.15) is 28.4 Å². The molecule has 0 saturated carbocycles. The Morgan fingerprint density at radius 1 is 0.422 bits per heavy atom. The molecule has 360 valence electrons. The van der Waals surface area contributed by atoms with Gasteiger partial charge in [-0.1, -0.05) is 240 Å². The Bertz CT molecular complexity index is 1670. The quantitative estimate of drug-likeness (QED) is 0.139. The van der Waals surface area contributed by atoms with Gasteiger partial charge in [-0.2, -0.15) is 0 Å². The lowest BCUT2D eigenvalue weighted by Crippen LogP contribution is -1.81. The van der Waals surface area contributed by atoms with E-state index in [2.05, 4.69) is 94.6 Å². The second kappa shape index (κ2) is 65.0. The number of para-hydroxylation sites is 5. The molecule has 0 aliphatic heterocycles. The van der Waals surface area contributed by atoms with Gasteiger partial charge >= 0.3 is 0 Å². The highest BCUT2D eigenvalue weighted by Gasteiger charge is 2.03. The van der Waals surface area contributed by atoms with Gasteiger partial charge in [0.2, 0.25) is 0 Å². The number of benzene rings is 6. The highest BCUT2D eigenvalue weighted by atomic mass is 127. The minimum atomic E-state index is 0.322. The standard InChI is InChI=1S/C12H8O.C12H10O.C6H5I.C6H6O.3C2H5Br.3C2H5Cl.3C2H6/c1-3-7-11-9(5-1)10-6-2-4-8-12(10)13-11;1-3-7-11(8-4-1)13-12-9-5-2-6-10-12;2*7-6-4-2-1-3-5-6;6*1-2-3;3*1-2/h1-8H;1-10H;1-5H;1-5,7H;6*2H2,1H3;3*1-2H3. The van der Waals surface area contributed by atoms with Crippen LogP contribution in [0.1, 0.15) is 83.1 Å². The van der Waals surface area contributed by atoms with E-state index in [-0.39, 0.29) is 0 Å². The molecule has 0 radical (unpaired) electrons. The lowest BCUT2D eigenvalue weighted by Gasteiger charge is -2.03. The fraction of sp³-hybridized carbons (Fsp3) is 0.333. The van der Waals surface area contributed by atoms with Crippen LogP contribution in [0, 0.1) is 3.57 Å². The maximum absolute atomic E-state index is 8.63. The molecule has 6 aromatic carbocycles. The first-order valence-electron chi connectivity index (χ1n) is 21.6. The van der Waals surface area contributed by atoms with Crippen molar-refractivity contribution >= 4 is 127 Å². The summed E-state index contributed by atoms with van der Waals surface area (Å²) in [4.78, 5) is 0. The van der Waals surface area contributed by atoms with Crippen molar-refractivity contribution < 1.29 is 14.3 Å². The Hall–Kier alpha value is -2.24. The molecule has 64 heavy (non-hydrogen) atoms. The van der Waals surface area contributed by atoms with Crippen LogP contribution in [0.4, 0.5) is 0 Å². The Labute approximate surface area is 444 Å². The maximum atomic E-state index is 8.63. The Morgan fingerprint density at radius 2 is 0.641 bits per heavy atom. The van der Waals surface area contributed by atoms with Crippen molar-refractivity contribution in [3.05, 3.63) is 173 Å². The zero-order valence-corrected chi connectivity index (χ0v) is 49.5. The molecule has 0 spiro atoms. The van der Waals surface area contributed by atoms with Gasteiger partial charge < -0.3 is 14.3 Å². The molecule has 3 nitrogen and oxygen atoms in total. The summed E-state index contributed by atoms with van der Waals surface area (Å²) in [5.74, 6) is 4.23. The smallest absolute Gasteiger partial charge is 0.135 e. The number of rotatable bonds is 2. The molecule has 0 bridgehead atoms. The van der Waals surface area contributed by atoms with E-state index >= 15 is 0 Å². The molecular weight excluding hydrogens is 1170 g/mol. The number of phenolic OH excluding ortho intramolecular Hbond substituents is 1. The monoisotopic (exact) mass is 1240 g/mol. The molecule has 1 N–H and O–H groups in total. The van der Waals surface area contributed by atoms with Crippen LogP contribution in [-0.2, 0) is 0 Å². The van der Waals surface area contributed by atoms with Crippen molar-refractivity contribution in [1.82, 2.24) is 0 Å². The van der Waals surface area contributed by atoms with E-state index in [0.29, 0.717) is 5.75 Å². The number of alkyl halides is 6. The summed E-state index contributed by atoms with van der Waals surface area (Å²) in [6, 6.07) is 54.6. The van der Waals surface area contributed by atoms with Gasteiger partial charge in [-0.3, -0.25) is 0 Å². The molecule has 0 amide bonds. The zero-order valence-electron chi connectivity index (χ0n) is 40.3. The van der Waals surface area contributed by atoms with Crippen LogP contribution >= 0.6 is 105 Å². The minimum Gasteiger partial charge on any atom is -0.508 e. The summed E-state index contributed by atoms with van der Waals surface area (Å²) in [5, 5.41) is 14.2. The average Bonchev–Trinajstić information content (AvgIpc) is 3.71. The molecule has 0 fully saturated rings. The number of aromatic hydroxyl groups is 1. The normalized spacial score (nSPS) is 8.05. The number of hydrogen-bond acceptors (Lipinski definition) is 3. The first-order valence-corrected chi connectivity index (χ1v) is 27.7. The topological polar surface area (TPSA) is 42.6 Å². The van der Waals surface area contributed by atoms with Crippen molar-refractivity contribution in [1.29, 1.82) is 0 Å². The van der Waals surface area contributed by atoms with Crippen molar-refractivity contribution in [2.75, 3.05) is 33.6 Å². The molecule has 1 aromatic heterocycles. The lowest BCUT2D eigenvalue weighted by molar-refractivity contribution is 0.475. The van der Waals surface area contributed by atoms with Gasteiger partial charge in [0.25, 0.3) is 0 Å². The van der Waals surface area contributed by atoms with E-state index in [9.17, 15) is 0 Å². The molecule has 0 unspecified atom stereocenters. The molecule has 10 heteroatoms. The van der Waals surface area contributed by atoms with Crippen molar-refractivity contribution in [2.24, 2.45) is 0 Å². The summed E-state index contributed by atoms with van der Waals surface area (Å²) >= 11 is 26.7. The number of fused-ring (bicyclic) bond motifs is 3. The number of halogens is 7. The molecule has 7 aromatic rings. The number of hydrogen-bond donors (Lipinski definition) is 1. The summed E-state index contributed by atoms with van der Waals surface area (Å²) < 4.78 is 12.5. The van der Waals surface area contributed by atoms with Gasteiger partial charge in [-0.15, -0.1) is 34.8 Å². The molecule has 0 saturated heterocycles. The highest BCUT2D eigenvalue weighted by molar-refractivity contribution is 14.1. The fourth-order valence-electron chi connectivity index (χ4n) is 3.63. The lowest BCUT2D eigenvalue weighted by atomic mass is 10.2. The van der Waals surface area contributed by atoms with E-state index in [1.807, 2.05) is 204 Å². The van der Waals surface area contributed by atoms with E-state index < -0.39 is 0 Å². The van der Waals surface area contributed by atoms with Gasteiger partial charge in [0, 0.05) is 48.0 Å². The predicted molar refractivity (Wildman–Crippen MR) is 316 cm³/mol. The van der Waals surface area contributed by atoms with Gasteiger partial charge in [-0.25, -0.2) is 0 Å². The minimum absolute atomic E-state index is 0.322. The fourth-order valence-corrected chi connectivity index (χ4v) is 4.05. The van der Waals surface area contributed by atoms with E-state index in [0.717, 1.165) is 56.3 Å². The van der Waals surface area contributed by atoms with Gasteiger partial charge in [0.15, 0.2) is 0 Å². The summed E-state index contributed by atoms with van der Waals surface area (Å²) in [5.41, 5.74) is 1.92. The Morgan fingerprint density at radius 3 is 0.859 bits per heavy atom. The van der Waals surface area contributed by atoms with Crippen molar-refractivity contribution in [3.63, 3.8) is 0 Å². The van der Waals surface area contributed by atoms with Crippen LogP contribution in [-0.4, -0.2) is 38.7 Å². The highest BCUT2D eigenvalue weighted by Crippen LogP contribution is 2.27.